The van der Waals surface area contributed by atoms with Crippen LogP contribution >= 0.6 is 23.1 Å². The molecule has 0 aliphatic carbocycles. The number of nitrogen functional groups attached to an aromatic ring is 1. The number of imidazole rings is 1. The van der Waals surface area contributed by atoms with E-state index in [-0.39, 0.29) is 0 Å². The van der Waals surface area contributed by atoms with Crippen LogP contribution in [0, 0.1) is 0 Å². The molecule has 0 fully saturated rings. The summed E-state index contributed by atoms with van der Waals surface area (Å²) in [7, 11) is 0. The normalized spacial score (nSPS) is 11.2. The van der Waals surface area contributed by atoms with E-state index in [4.69, 9.17) is 10.8 Å². The Morgan fingerprint density at radius 1 is 1.00 bits per heavy atom. The largest absolute Gasteiger partial charge is 0.337 e. The van der Waals surface area contributed by atoms with Crippen LogP contribution in [0.3, 0.4) is 0 Å². The third kappa shape index (κ3) is 4.13. The van der Waals surface area contributed by atoms with Crippen molar-refractivity contribution in [3.63, 3.8) is 0 Å². The van der Waals surface area contributed by atoms with Crippen molar-refractivity contribution in [1.29, 1.82) is 0 Å². The molecule has 6 heteroatoms. The highest BCUT2D eigenvalue weighted by molar-refractivity contribution is 7.98. The van der Waals surface area contributed by atoms with Gasteiger partial charge in [0.15, 0.2) is 5.16 Å². The lowest BCUT2D eigenvalue weighted by atomic mass is 10.0. The van der Waals surface area contributed by atoms with Gasteiger partial charge in [-0.05, 0) is 11.5 Å². The Hall–Kier alpha value is -2.57. The molecule has 142 valence electrons. The van der Waals surface area contributed by atoms with E-state index in [2.05, 4.69) is 48.5 Å². The molecule has 0 aliphatic rings. The number of aromatic nitrogens is 3. The first-order chi connectivity index (χ1) is 13.6. The highest BCUT2D eigenvalue weighted by Gasteiger charge is 2.11. The van der Waals surface area contributed by atoms with E-state index in [9.17, 15) is 0 Å². The van der Waals surface area contributed by atoms with E-state index in [1.807, 2.05) is 36.5 Å². The molecule has 2 heterocycles. The molecule has 0 spiro atoms. The van der Waals surface area contributed by atoms with Gasteiger partial charge in [0.1, 0.15) is 5.01 Å². The molecule has 2 N–H and O–H groups in total. The predicted octanol–water partition coefficient (Wildman–Crippen LogP) is 5.80. The molecular weight excluding hydrogens is 384 g/mol. The summed E-state index contributed by atoms with van der Waals surface area (Å²) in [6, 6.07) is 18.8. The van der Waals surface area contributed by atoms with Crippen molar-refractivity contribution in [2.75, 3.05) is 5.84 Å². The lowest BCUT2D eigenvalue weighted by Gasteiger charge is -2.05. The van der Waals surface area contributed by atoms with E-state index in [1.54, 1.807) is 27.8 Å². The van der Waals surface area contributed by atoms with Gasteiger partial charge in [-0.15, -0.1) is 11.3 Å². The van der Waals surface area contributed by atoms with Gasteiger partial charge in [0, 0.05) is 22.3 Å². The maximum Gasteiger partial charge on any atom is 0.187 e. The third-order valence-corrected chi connectivity index (χ3v) is 6.43. The number of nitrogens with two attached hydrogens (primary N) is 1. The molecular formula is C22H22N4S2. The number of thioether (sulfide) groups is 1. The Morgan fingerprint density at radius 3 is 2.46 bits per heavy atom. The summed E-state index contributed by atoms with van der Waals surface area (Å²) in [4.78, 5) is 9.45. The van der Waals surface area contributed by atoms with Gasteiger partial charge < -0.3 is 5.84 Å². The first-order valence-corrected chi connectivity index (χ1v) is 11.0. The Labute approximate surface area is 173 Å². The highest BCUT2D eigenvalue weighted by atomic mass is 32.2. The second kappa shape index (κ2) is 8.20. The quantitative estimate of drug-likeness (QED) is 0.325. The third-order valence-electron chi connectivity index (χ3n) is 4.49. The Bertz CT molecular complexity index is 1050. The summed E-state index contributed by atoms with van der Waals surface area (Å²) >= 11 is 3.28. The molecule has 0 saturated carbocycles. The average Bonchev–Trinajstić information content (AvgIpc) is 3.34. The topological polar surface area (TPSA) is 56.7 Å². The molecule has 0 amide bonds. The number of benzene rings is 2. The second-order valence-corrected chi connectivity index (χ2v) is 8.69. The van der Waals surface area contributed by atoms with Crippen molar-refractivity contribution < 1.29 is 0 Å². The van der Waals surface area contributed by atoms with E-state index in [0.717, 1.165) is 38.4 Å². The van der Waals surface area contributed by atoms with Crippen LogP contribution in [-0.4, -0.2) is 14.6 Å². The molecule has 2 aromatic heterocycles. The van der Waals surface area contributed by atoms with E-state index < -0.39 is 0 Å². The first-order valence-electron chi connectivity index (χ1n) is 9.17. The molecule has 0 unspecified atom stereocenters. The van der Waals surface area contributed by atoms with Crippen LogP contribution in [0.1, 0.15) is 31.0 Å². The highest BCUT2D eigenvalue weighted by Crippen LogP contribution is 2.29. The molecule has 0 bridgehead atoms. The Morgan fingerprint density at radius 2 is 1.75 bits per heavy atom. The summed E-state index contributed by atoms with van der Waals surface area (Å²) in [5, 5.41) is 3.95. The van der Waals surface area contributed by atoms with Crippen molar-refractivity contribution in [3.05, 3.63) is 77.4 Å². The molecule has 4 aromatic rings. The molecule has 4 rings (SSSR count). The van der Waals surface area contributed by atoms with Gasteiger partial charge in [-0.2, -0.15) is 0 Å². The van der Waals surface area contributed by atoms with Gasteiger partial charge in [-0.1, -0.05) is 80.2 Å². The lowest BCUT2D eigenvalue weighted by molar-refractivity contribution is 0.851. The van der Waals surface area contributed by atoms with Gasteiger partial charge in [0.05, 0.1) is 17.6 Å². The van der Waals surface area contributed by atoms with Crippen LogP contribution in [-0.2, 0) is 5.75 Å². The Balaban J connectivity index is 1.44. The van der Waals surface area contributed by atoms with E-state index in [1.165, 1.54) is 5.56 Å². The molecule has 28 heavy (non-hydrogen) atoms. The van der Waals surface area contributed by atoms with Crippen LogP contribution in [0.25, 0.3) is 21.8 Å². The average molecular weight is 407 g/mol. The number of rotatable bonds is 6. The van der Waals surface area contributed by atoms with Crippen LogP contribution in [0.4, 0.5) is 0 Å². The van der Waals surface area contributed by atoms with Crippen molar-refractivity contribution in [2.45, 2.75) is 30.7 Å². The van der Waals surface area contributed by atoms with Crippen LogP contribution in [0.5, 0.6) is 0 Å². The van der Waals surface area contributed by atoms with Crippen LogP contribution in [0.2, 0.25) is 0 Å². The zero-order chi connectivity index (χ0) is 19.5. The summed E-state index contributed by atoms with van der Waals surface area (Å²) in [6.45, 7) is 4.41. The van der Waals surface area contributed by atoms with E-state index in [0.29, 0.717) is 5.92 Å². The van der Waals surface area contributed by atoms with Crippen LogP contribution < -0.4 is 5.84 Å². The first kappa shape index (κ1) is 18.8. The number of nitrogens with zero attached hydrogens (tertiary/aromatic N) is 3. The Kier molecular flexibility index (Phi) is 5.50. The molecule has 0 atom stereocenters. The minimum Gasteiger partial charge on any atom is -0.337 e. The van der Waals surface area contributed by atoms with Crippen molar-refractivity contribution in [1.82, 2.24) is 14.6 Å². The number of hydrogen-bond acceptors (Lipinski definition) is 5. The standard InChI is InChI=1S/C22H22N4S2/c1-15(2)16-8-10-18(11-9-16)21-24-19(13-27-21)14-28-22-25-20(12-26(22)23)17-6-4-3-5-7-17/h3-13,15H,14,23H2,1-2H3. The van der Waals surface area contributed by atoms with Crippen molar-refractivity contribution in [3.8, 4) is 21.8 Å². The van der Waals surface area contributed by atoms with Gasteiger partial charge >= 0.3 is 0 Å². The molecule has 2 aromatic carbocycles. The minimum absolute atomic E-state index is 0.540. The van der Waals surface area contributed by atoms with Gasteiger partial charge in [0.2, 0.25) is 0 Å². The maximum atomic E-state index is 6.09. The molecule has 4 nitrogen and oxygen atoms in total. The van der Waals surface area contributed by atoms with E-state index >= 15 is 0 Å². The molecule has 0 aliphatic heterocycles. The second-order valence-electron chi connectivity index (χ2n) is 6.89. The fourth-order valence-corrected chi connectivity index (χ4v) is 4.61. The van der Waals surface area contributed by atoms with Crippen molar-refractivity contribution in [2.24, 2.45) is 0 Å². The fraction of sp³-hybridized carbons (Fsp3) is 0.182. The van der Waals surface area contributed by atoms with Crippen molar-refractivity contribution >= 4 is 23.1 Å². The predicted molar refractivity (Wildman–Crippen MR) is 119 cm³/mol. The van der Waals surface area contributed by atoms with Gasteiger partial charge in [0.25, 0.3) is 0 Å². The lowest BCUT2D eigenvalue weighted by Crippen LogP contribution is -2.07. The summed E-state index contributed by atoms with van der Waals surface area (Å²) in [6.07, 6.45) is 1.86. The minimum atomic E-state index is 0.540. The number of thiazole rings is 1. The smallest absolute Gasteiger partial charge is 0.187 e. The summed E-state index contributed by atoms with van der Waals surface area (Å²) < 4.78 is 1.59. The molecule has 0 radical (unpaired) electrons. The monoisotopic (exact) mass is 406 g/mol. The SMILES string of the molecule is CC(C)c1ccc(-c2nc(CSc3nc(-c4ccccc4)cn3N)cs2)cc1. The molecule has 0 saturated heterocycles. The van der Waals surface area contributed by atoms with Gasteiger partial charge in [-0.25, -0.2) is 14.6 Å². The summed E-state index contributed by atoms with van der Waals surface area (Å²) in [5.41, 5.74) is 5.50. The zero-order valence-electron chi connectivity index (χ0n) is 15.9. The maximum absolute atomic E-state index is 6.09. The van der Waals surface area contributed by atoms with Crippen LogP contribution in [0.15, 0.2) is 71.3 Å². The fourth-order valence-electron chi connectivity index (χ4n) is 2.89. The zero-order valence-corrected chi connectivity index (χ0v) is 17.5. The summed E-state index contributed by atoms with van der Waals surface area (Å²) in [5.74, 6) is 7.37. The number of hydrogen-bond donors (Lipinski definition) is 1. The van der Waals surface area contributed by atoms with Gasteiger partial charge in [-0.3, -0.25) is 0 Å².